The number of aromatic nitrogens is 3. The zero-order chi connectivity index (χ0) is 22.3. The summed E-state index contributed by atoms with van der Waals surface area (Å²) >= 11 is 0. The summed E-state index contributed by atoms with van der Waals surface area (Å²) in [5, 5.41) is 3.48. The van der Waals surface area contributed by atoms with Crippen molar-refractivity contribution in [3.8, 4) is 23.0 Å². The topological polar surface area (TPSA) is 86.0 Å². The first-order chi connectivity index (χ1) is 13.8. The van der Waals surface area contributed by atoms with E-state index in [-0.39, 0.29) is 22.4 Å². The minimum Gasteiger partial charge on any atom is -0.334 e. The summed E-state index contributed by atoms with van der Waals surface area (Å²) in [7, 11) is -3.77. The van der Waals surface area contributed by atoms with Crippen molar-refractivity contribution in [1.82, 2.24) is 15.1 Å². The number of pyridine rings is 1. The third-order valence-corrected chi connectivity index (χ3v) is 5.72. The third-order valence-electron chi connectivity index (χ3n) is 3.96. The predicted octanol–water partition coefficient (Wildman–Crippen LogP) is 4.63. The van der Waals surface area contributed by atoms with Gasteiger partial charge in [0.15, 0.2) is 9.84 Å². The second-order valence-electron chi connectivity index (χ2n) is 5.97. The van der Waals surface area contributed by atoms with Crippen LogP contribution >= 0.6 is 0 Å². The van der Waals surface area contributed by atoms with Crippen LogP contribution in [0, 0.1) is 0 Å². The third kappa shape index (κ3) is 4.30. The first kappa shape index (κ1) is 21.7. The Morgan fingerprint density at radius 1 is 1.00 bits per heavy atom. The lowest BCUT2D eigenvalue weighted by molar-refractivity contribution is -0.143. The molecule has 0 bridgehead atoms. The van der Waals surface area contributed by atoms with Crippen molar-refractivity contribution >= 4 is 9.84 Å². The number of sulfone groups is 1. The van der Waals surface area contributed by atoms with Crippen LogP contribution in [-0.4, -0.2) is 29.3 Å². The van der Waals surface area contributed by atoms with E-state index in [9.17, 15) is 34.8 Å². The lowest BCUT2D eigenvalue weighted by Crippen LogP contribution is -2.11. The Morgan fingerprint density at radius 3 is 2.13 bits per heavy atom. The molecule has 2 aromatic heterocycles. The van der Waals surface area contributed by atoms with Gasteiger partial charge in [-0.25, -0.2) is 8.42 Å². The van der Waals surface area contributed by atoms with Crippen molar-refractivity contribution in [3.63, 3.8) is 0 Å². The van der Waals surface area contributed by atoms with Crippen LogP contribution in [0.2, 0.25) is 0 Å². The monoisotopic (exact) mass is 451 g/mol. The fraction of sp³-hybridized carbons (Fsp3) is 0.235. The standard InChI is InChI=1S/C17H11F6N3O3S/c1-2-30(27,28)12-4-3-5-24-13(12)14-25-15(29-26-14)9-6-10(16(18,19)20)8-11(7-9)17(21,22)23/h3-8H,2H2,1H3. The summed E-state index contributed by atoms with van der Waals surface area (Å²) in [6.07, 6.45) is -8.88. The summed E-state index contributed by atoms with van der Waals surface area (Å²) in [6, 6.07) is 3.38. The van der Waals surface area contributed by atoms with Crippen molar-refractivity contribution in [2.75, 3.05) is 5.75 Å². The van der Waals surface area contributed by atoms with E-state index in [0.717, 1.165) is 0 Å². The molecule has 0 saturated heterocycles. The van der Waals surface area contributed by atoms with E-state index in [1.54, 1.807) is 0 Å². The smallest absolute Gasteiger partial charge is 0.334 e. The van der Waals surface area contributed by atoms with Gasteiger partial charge in [0.1, 0.15) is 5.69 Å². The van der Waals surface area contributed by atoms with Crippen molar-refractivity contribution in [3.05, 3.63) is 47.7 Å². The van der Waals surface area contributed by atoms with E-state index in [0.29, 0.717) is 12.1 Å². The minimum atomic E-state index is -5.05. The van der Waals surface area contributed by atoms with Gasteiger partial charge < -0.3 is 4.52 Å². The Bertz CT molecular complexity index is 1150. The molecule has 0 fully saturated rings. The maximum atomic E-state index is 13.0. The molecule has 1 aromatic carbocycles. The molecule has 0 radical (unpaired) electrons. The molecule has 13 heteroatoms. The molecule has 0 N–H and O–H groups in total. The van der Waals surface area contributed by atoms with Crippen molar-refractivity contribution in [1.29, 1.82) is 0 Å². The number of rotatable bonds is 4. The van der Waals surface area contributed by atoms with Gasteiger partial charge in [-0.05, 0) is 30.3 Å². The normalized spacial score (nSPS) is 12.9. The molecule has 0 aliphatic rings. The quantitative estimate of drug-likeness (QED) is 0.538. The number of halogens is 6. The predicted molar refractivity (Wildman–Crippen MR) is 90.7 cm³/mol. The van der Waals surface area contributed by atoms with Gasteiger partial charge in [0, 0.05) is 11.8 Å². The van der Waals surface area contributed by atoms with Gasteiger partial charge in [-0.2, -0.15) is 31.3 Å². The molecule has 160 valence electrons. The maximum Gasteiger partial charge on any atom is 0.416 e. The van der Waals surface area contributed by atoms with E-state index in [2.05, 4.69) is 15.1 Å². The Morgan fingerprint density at radius 2 is 1.60 bits per heavy atom. The summed E-state index contributed by atoms with van der Waals surface area (Å²) in [6.45, 7) is 1.38. The SMILES string of the molecule is CCS(=O)(=O)c1cccnc1-c1noc(-c2cc(C(F)(F)F)cc(C(F)(F)F)c2)n1. The van der Waals surface area contributed by atoms with Crippen LogP contribution in [0.3, 0.4) is 0 Å². The van der Waals surface area contributed by atoms with Crippen molar-refractivity contribution in [2.45, 2.75) is 24.2 Å². The first-order valence-electron chi connectivity index (χ1n) is 8.14. The average Bonchev–Trinajstić information content (AvgIpc) is 3.16. The van der Waals surface area contributed by atoms with Crippen LogP contribution in [0.1, 0.15) is 18.1 Å². The molecule has 0 spiro atoms. The number of benzene rings is 1. The largest absolute Gasteiger partial charge is 0.416 e. The lowest BCUT2D eigenvalue weighted by Gasteiger charge is -2.12. The van der Waals surface area contributed by atoms with Gasteiger partial charge >= 0.3 is 12.4 Å². The number of hydrogen-bond acceptors (Lipinski definition) is 6. The van der Waals surface area contributed by atoms with Crippen LogP contribution in [0.15, 0.2) is 45.9 Å². The van der Waals surface area contributed by atoms with Crippen molar-refractivity contribution < 1.29 is 39.3 Å². The number of alkyl halides is 6. The number of hydrogen-bond donors (Lipinski definition) is 0. The van der Waals surface area contributed by atoms with E-state index >= 15 is 0 Å². The molecule has 2 heterocycles. The average molecular weight is 451 g/mol. The van der Waals surface area contributed by atoms with Gasteiger partial charge in [-0.15, -0.1) is 0 Å². The first-order valence-corrected chi connectivity index (χ1v) is 9.80. The van der Waals surface area contributed by atoms with Crippen LogP contribution in [0.4, 0.5) is 26.3 Å². The van der Waals surface area contributed by atoms with Crippen molar-refractivity contribution in [2.24, 2.45) is 0 Å². The minimum absolute atomic E-state index is 0.0363. The van der Waals surface area contributed by atoms with E-state index in [4.69, 9.17) is 4.52 Å². The van der Waals surface area contributed by atoms with Gasteiger partial charge in [0.25, 0.3) is 5.89 Å². The summed E-state index contributed by atoms with van der Waals surface area (Å²) in [4.78, 5) is 7.38. The highest BCUT2D eigenvalue weighted by molar-refractivity contribution is 7.91. The highest BCUT2D eigenvalue weighted by Crippen LogP contribution is 2.38. The Balaban J connectivity index is 2.15. The van der Waals surface area contributed by atoms with Gasteiger partial charge in [-0.1, -0.05) is 12.1 Å². The molecule has 0 amide bonds. The van der Waals surface area contributed by atoms with E-state index in [1.165, 1.54) is 25.3 Å². The van der Waals surface area contributed by atoms with Gasteiger partial charge in [-0.3, -0.25) is 4.98 Å². The Labute approximate surface area is 165 Å². The summed E-state index contributed by atoms with van der Waals surface area (Å²) in [5.41, 5.74) is -3.98. The molecule has 30 heavy (non-hydrogen) atoms. The van der Waals surface area contributed by atoms with Gasteiger partial charge in [0.05, 0.1) is 21.8 Å². The zero-order valence-corrected chi connectivity index (χ0v) is 15.7. The zero-order valence-electron chi connectivity index (χ0n) is 14.9. The van der Waals surface area contributed by atoms with E-state index in [1.807, 2.05) is 0 Å². The second kappa shape index (κ2) is 7.38. The number of nitrogens with zero attached hydrogens (tertiary/aromatic N) is 3. The molecule has 0 aliphatic heterocycles. The molecule has 0 saturated carbocycles. The molecule has 0 atom stereocenters. The molecular weight excluding hydrogens is 440 g/mol. The fourth-order valence-electron chi connectivity index (χ4n) is 2.48. The molecular formula is C17H11F6N3O3S. The Hall–Kier alpha value is -2.96. The summed E-state index contributed by atoms with van der Waals surface area (Å²) in [5.74, 6) is -1.34. The van der Waals surface area contributed by atoms with E-state index < -0.39 is 50.6 Å². The van der Waals surface area contributed by atoms with Crippen LogP contribution < -0.4 is 0 Å². The fourth-order valence-corrected chi connectivity index (χ4v) is 3.52. The maximum absolute atomic E-state index is 13.0. The Kier molecular flexibility index (Phi) is 5.35. The molecule has 0 aliphatic carbocycles. The molecule has 6 nitrogen and oxygen atoms in total. The van der Waals surface area contributed by atoms with Crippen LogP contribution in [0.25, 0.3) is 23.0 Å². The van der Waals surface area contributed by atoms with Crippen LogP contribution in [0.5, 0.6) is 0 Å². The molecule has 3 aromatic rings. The highest BCUT2D eigenvalue weighted by atomic mass is 32.2. The molecule has 3 rings (SSSR count). The molecule has 0 unspecified atom stereocenters. The second-order valence-corrected chi connectivity index (χ2v) is 8.22. The van der Waals surface area contributed by atoms with Crippen LogP contribution in [-0.2, 0) is 22.2 Å². The lowest BCUT2D eigenvalue weighted by atomic mass is 10.0. The summed E-state index contributed by atoms with van der Waals surface area (Å²) < 4.78 is 107. The van der Waals surface area contributed by atoms with Gasteiger partial charge in [0.2, 0.25) is 5.82 Å². The highest BCUT2D eigenvalue weighted by Gasteiger charge is 2.37.